The normalized spacial score (nSPS) is 9.53. The molecule has 0 unspecified atom stereocenters. The third kappa shape index (κ3) is 5.07. The molecule has 0 radical (unpaired) electrons. The van der Waals surface area contributed by atoms with Gasteiger partial charge in [0.1, 0.15) is 12.4 Å². The molecule has 0 aliphatic heterocycles. The molecule has 0 saturated heterocycles. The van der Waals surface area contributed by atoms with Gasteiger partial charge in [-0.2, -0.15) is 0 Å². The van der Waals surface area contributed by atoms with Gasteiger partial charge in [0.2, 0.25) is 0 Å². The van der Waals surface area contributed by atoms with Crippen molar-refractivity contribution < 1.29 is 4.74 Å². The summed E-state index contributed by atoms with van der Waals surface area (Å²) in [6.07, 6.45) is 3.86. The van der Waals surface area contributed by atoms with Crippen molar-refractivity contribution in [1.29, 1.82) is 0 Å². The number of allylic oxidation sites excluding steroid dienone is 1. The Morgan fingerprint density at radius 3 is 2.65 bits per heavy atom. The highest BCUT2D eigenvalue weighted by atomic mass is 16.5. The maximum atomic E-state index is 5.87. The van der Waals surface area contributed by atoms with Gasteiger partial charge >= 0.3 is 0 Å². The molecule has 1 rings (SSSR count). The zero-order chi connectivity index (χ0) is 13.3. The van der Waals surface area contributed by atoms with Crippen LogP contribution in [0, 0.1) is 6.92 Å². The summed E-state index contributed by atoms with van der Waals surface area (Å²) in [7, 11) is 0. The molecular weight excluding hydrogens is 210 g/mol. The van der Waals surface area contributed by atoms with Crippen LogP contribution in [0.4, 0.5) is 5.69 Å². The Hall–Kier alpha value is -1.96. The molecule has 0 spiro atoms. The number of ether oxygens (including phenoxy) is 1. The van der Waals surface area contributed by atoms with Crippen LogP contribution in [0.2, 0.25) is 0 Å². The average Bonchev–Trinajstić information content (AvgIpc) is 2.34. The fraction of sp³-hybridized carbons (Fsp3) is 0.200. The van der Waals surface area contributed by atoms with Crippen molar-refractivity contribution in [3.8, 4) is 5.75 Å². The summed E-state index contributed by atoms with van der Waals surface area (Å²) >= 11 is 0. The first kappa shape index (κ1) is 15.0. The van der Waals surface area contributed by atoms with Gasteiger partial charge in [-0.1, -0.05) is 30.9 Å². The van der Waals surface area contributed by atoms with E-state index in [1.54, 1.807) is 0 Å². The second-order valence-corrected chi connectivity index (χ2v) is 3.43. The molecule has 2 N–H and O–H groups in total. The van der Waals surface area contributed by atoms with Gasteiger partial charge in [-0.3, -0.25) is 0 Å². The van der Waals surface area contributed by atoms with Crippen LogP contribution in [-0.4, -0.2) is 6.61 Å². The molecule has 0 heterocycles. The summed E-state index contributed by atoms with van der Waals surface area (Å²) in [6.45, 7) is 14.2. The molecule has 0 bridgehead atoms. The molecule has 0 aromatic heterocycles. The van der Waals surface area contributed by atoms with E-state index in [0.717, 1.165) is 16.9 Å². The van der Waals surface area contributed by atoms with Crippen molar-refractivity contribution in [3.05, 3.63) is 61.2 Å². The van der Waals surface area contributed by atoms with Crippen molar-refractivity contribution in [3.63, 3.8) is 0 Å². The fourth-order valence-electron chi connectivity index (χ4n) is 1.23. The van der Waals surface area contributed by atoms with E-state index in [9.17, 15) is 0 Å². The van der Waals surface area contributed by atoms with Crippen molar-refractivity contribution in [2.75, 3.05) is 12.3 Å². The van der Waals surface area contributed by atoms with Gasteiger partial charge in [0.15, 0.2) is 0 Å². The molecule has 1 aromatic carbocycles. The van der Waals surface area contributed by atoms with E-state index in [1.807, 2.05) is 44.2 Å². The summed E-state index contributed by atoms with van der Waals surface area (Å²) in [5, 5.41) is 0. The van der Waals surface area contributed by atoms with E-state index in [-0.39, 0.29) is 0 Å². The van der Waals surface area contributed by atoms with E-state index in [0.29, 0.717) is 12.3 Å². The lowest BCUT2D eigenvalue weighted by molar-refractivity contribution is 0.358. The molecule has 92 valence electrons. The number of hydrogen-bond acceptors (Lipinski definition) is 2. The number of rotatable bonds is 4. The van der Waals surface area contributed by atoms with Gasteiger partial charge < -0.3 is 10.5 Å². The zero-order valence-electron chi connectivity index (χ0n) is 10.7. The average molecular weight is 231 g/mol. The Morgan fingerprint density at radius 2 is 2.06 bits per heavy atom. The van der Waals surface area contributed by atoms with Crippen molar-refractivity contribution in [2.45, 2.75) is 13.8 Å². The largest absolute Gasteiger partial charge is 0.487 e. The summed E-state index contributed by atoms with van der Waals surface area (Å²) < 4.78 is 5.56. The third-order valence-electron chi connectivity index (χ3n) is 2.10. The lowest BCUT2D eigenvalue weighted by Gasteiger charge is -2.10. The minimum atomic E-state index is 0.470. The van der Waals surface area contributed by atoms with Crippen LogP contribution in [0.25, 0.3) is 0 Å². The molecule has 0 aliphatic rings. The number of nitrogen functional groups attached to an aromatic ring is 1. The van der Waals surface area contributed by atoms with Crippen LogP contribution in [0.5, 0.6) is 5.75 Å². The van der Waals surface area contributed by atoms with Gasteiger partial charge in [0.25, 0.3) is 0 Å². The Balaban J connectivity index is 0.00000121. The van der Waals surface area contributed by atoms with Gasteiger partial charge in [-0.25, -0.2) is 0 Å². The number of para-hydroxylation sites is 1. The number of anilines is 1. The second kappa shape index (κ2) is 8.22. The van der Waals surface area contributed by atoms with E-state index < -0.39 is 0 Å². The van der Waals surface area contributed by atoms with Crippen LogP contribution < -0.4 is 10.5 Å². The van der Waals surface area contributed by atoms with Gasteiger partial charge in [0, 0.05) is 0 Å². The first-order valence-corrected chi connectivity index (χ1v) is 5.43. The maximum Gasteiger partial charge on any atom is 0.142 e. The number of aryl methyl sites for hydroxylation is 1. The molecule has 1 aromatic rings. The minimum absolute atomic E-state index is 0.470. The molecule has 0 aliphatic carbocycles. The monoisotopic (exact) mass is 231 g/mol. The standard InChI is InChI=1S/C13H17NO.C2H4/c1-4-6-10(2)9-15-12-8-5-7-11(3)13(12)14;1-2/h4-8H,2,9,14H2,1,3H3;1-2H2/b6-4-;. The van der Waals surface area contributed by atoms with E-state index >= 15 is 0 Å². The predicted molar refractivity (Wildman–Crippen MR) is 76.3 cm³/mol. The summed E-state index contributed by atoms with van der Waals surface area (Å²) in [5.74, 6) is 0.723. The highest BCUT2D eigenvalue weighted by Gasteiger charge is 2.02. The van der Waals surface area contributed by atoms with Gasteiger partial charge in [0.05, 0.1) is 5.69 Å². The molecule has 2 heteroatoms. The van der Waals surface area contributed by atoms with Crippen molar-refractivity contribution in [2.24, 2.45) is 0 Å². The lowest BCUT2D eigenvalue weighted by atomic mass is 10.2. The van der Waals surface area contributed by atoms with Gasteiger partial charge in [-0.15, -0.1) is 13.2 Å². The first-order valence-electron chi connectivity index (χ1n) is 5.43. The molecule has 0 saturated carbocycles. The third-order valence-corrected chi connectivity index (χ3v) is 2.10. The Morgan fingerprint density at radius 1 is 1.41 bits per heavy atom. The number of benzene rings is 1. The Bertz CT molecular complexity index is 394. The van der Waals surface area contributed by atoms with E-state index in [4.69, 9.17) is 10.5 Å². The quantitative estimate of drug-likeness (QED) is 0.484. The van der Waals surface area contributed by atoms with Crippen molar-refractivity contribution >= 4 is 5.69 Å². The Labute approximate surface area is 104 Å². The minimum Gasteiger partial charge on any atom is -0.487 e. The highest BCUT2D eigenvalue weighted by Crippen LogP contribution is 2.24. The first-order chi connectivity index (χ1) is 8.15. The topological polar surface area (TPSA) is 35.2 Å². The van der Waals surface area contributed by atoms with Crippen molar-refractivity contribution in [1.82, 2.24) is 0 Å². The summed E-state index contributed by atoms with van der Waals surface area (Å²) in [4.78, 5) is 0. The molecule has 17 heavy (non-hydrogen) atoms. The second-order valence-electron chi connectivity index (χ2n) is 3.43. The highest BCUT2D eigenvalue weighted by molar-refractivity contribution is 5.57. The molecule has 0 fully saturated rings. The lowest BCUT2D eigenvalue weighted by Crippen LogP contribution is -2.02. The van der Waals surface area contributed by atoms with Crippen LogP contribution >= 0.6 is 0 Å². The number of nitrogens with two attached hydrogens (primary N) is 1. The molecule has 0 atom stereocenters. The SMILES string of the molecule is C=C.C=C(/C=C\C)COc1cccc(C)c1N. The summed E-state index contributed by atoms with van der Waals surface area (Å²) in [6, 6.07) is 5.76. The smallest absolute Gasteiger partial charge is 0.142 e. The predicted octanol–water partition coefficient (Wildman–Crippen LogP) is 3.89. The number of hydrogen-bond donors (Lipinski definition) is 1. The van der Waals surface area contributed by atoms with Crippen LogP contribution in [0.1, 0.15) is 12.5 Å². The molecule has 2 nitrogen and oxygen atoms in total. The fourth-order valence-corrected chi connectivity index (χ4v) is 1.23. The molecular formula is C15H21NO. The zero-order valence-corrected chi connectivity index (χ0v) is 10.7. The van der Waals surface area contributed by atoms with E-state index in [2.05, 4.69) is 19.7 Å². The molecule has 0 amide bonds. The Kier molecular flexibility index (Phi) is 7.27. The maximum absolute atomic E-state index is 5.87. The summed E-state index contributed by atoms with van der Waals surface area (Å²) in [5.41, 5.74) is 8.53. The van der Waals surface area contributed by atoms with Crippen LogP contribution in [0.15, 0.2) is 55.7 Å². The van der Waals surface area contributed by atoms with Crippen LogP contribution in [0.3, 0.4) is 0 Å². The van der Waals surface area contributed by atoms with E-state index in [1.165, 1.54) is 0 Å². The van der Waals surface area contributed by atoms with Gasteiger partial charge in [-0.05, 0) is 31.1 Å². The van der Waals surface area contributed by atoms with Crippen LogP contribution in [-0.2, 0) is 0 Å².